The molecule has 2 unspecified atom stereocenters. The van der Waals surface area contributed by atoms with Crippen molar-refractivity contribution in [2.75, 3.05) is 19.6 Å². The predicted octanol–water partition coefficient (Wildman–Crippen LogP) is 3.40. The topological polar surface area (TPSA) is 15.7 Å². The highest BCUT2D eigenvalue weighted by Crippen LogP contribution is 2.27. The summed E-state index contributed by atoms with van der Waals surface area (Å²) in [4.78, 5) is 2.56. The second-order valence-corrected chi connectivity index (χ2v) is 6.94. The molecule has 0 aliphatic carbocycles. The number of ether oxygens (including phenoxy) is 1. The van der Waals surface area contributed by atoms with E-state index in [1.165, 1.54) is 32.4 Å². The summed E-state index contributed by atoms with van der Waals surface area (Å²) in [5.74, 6) is 0. The lowest BCUT2D eigenvalue weighted by Gasteiger charge is -2.38. The smallest absolute Gasteiger partial charge is 0.104 e. The molecule has 2 aliphatic rings. The van der Waals surface area contributed by atoms with Crippen LogP contribution in [0.2, 0.25) is 0 Å². The van der Waals surface area contributed by atoms with Crippen LogP contribution in [0, 0.1) is 0 Å². The molecule has 2 aliphatic heterocycles. The lowest BCUT2D eigenvalue weighted by molar-refractivity contribution is 0.0187. The fourth-order valence-electron chi connectivity index (χ4n) is 2.99. The third-order valence-electron chi connectivity index (χ3n) is 4.20. The average Bonchev–Trinajstić information content (AvgIpc) is 2.38. The van der Waals surface area contributed by atoms with Crippen LogP contribution in [0.1, 0.15) is 46.5 Å². The first-order valence-electron chi connectivity index (χ1n) is 7.49. The van der Waals surface area contributed by atoms with Gasteiger partial charge in [-0.15, -0.1) is 0 Å². The van der Waals surface area contributed by atoms with Crippen LogP contribution in [0.15, 0.2) is 12.3 Å². The highest BCUT2D eigenvalue weighted by Gasteiger charge is 2.30. The minimum Gasteiger partial charge on any atom is -0.496 e. The molecule has 3 nitrogen and oxygen atoms in total. The van der Waals surface area contributed by atoms with E-state index in [4.69, 9.17) is 16.5 Å². The van der Waals surface area contributed by atoms with Gasteiger partial charge in [0.15, 0.2) is 0 Å². The molecule has 0 aromatic rings. The van der Waals surface area contributed by atoms with Crippen molar-refractivity contribution >= 4 is 11.8 Å². The van der Waals surface area contributed by atoms with Crippen LogP contribution < -0.4 is 0 Å². The van der Waals surface area contributed by atoms with Crippen molar-refractivity contribution in [3.8, 4) is 0 Å². The van der Waals surface area contributed by atoms with E-state index >= 15 is 0 Å². The second-order valence-electron chi connectivity index (χ2n) is 6.51. The van der Waals surface area contributed by atoms with Crippen molar-refractivity contribution in [3.63, 3.8) is 0 Å². The summed E-state index contributed by atoms with van der Waals surface area (Å²) in [5.41, 5.74) is -0.110. The molecule has 110 valence electrons. The molecule has 4 heteroatoms. The third kappa shape index (κ3) is 4.37. The SMILES string of the molecule is CC(CN(Cl)C1C=COC(C)(C)C1)N1CCCCC1. The standard InChI is InChI=1S/C15H27ClN2O/c1-13(17-8-5-4-6-9-17)12-18(16)14-7-10-19-15(2,3)11-14/h7,10,13-14H,4-6,8-9,11-12H2,1-3H3. The maximum Gasteiger partial charge on any atom is 0.104 e. The van der Waals surface area contributed by atoms with Gasteiger partial charge < -0.3 is 4.74 Å². The van der Waals surface area contributed by atoms with Gasteiger partial charge in [0.25, 0.3) is 0 Å². The van der Waals surface area contributed by atoms with Gasteiger partial charge in [0, 0.05) is 19.0 Å². The second kappa shape index (κ2) is 6.47. The van der Waals surface area contributed by atoms with Gasteiger partial charge in [0.2, 0.25) is 0 Å². The van der Waals surface area contributed by atoms with Crippen molar-refractivity contribution in [1.29, 1.82) is 0 Å². The molecule has 2 atom stereocenters. The van der Waals surface area contributed by atoms with Gasteiger partial charge in [-0.1, -0.05) is 6.42 Å². The highest BCUT2D eigenvalue weighted by molar-refractivity contribution is 6.13. The first-order chi connectivity index (χ1) is 8.98. The minimum absolute atomic E-state index is 0.110. The van der Waals surface area contributed by atoms with Gasteiger partial charge in [-0.05, 0) is 64.6 Å². The molecular formula is C15H27ClN2O. The van der Waals surface area contributed by atoms with Crippen LogP contribution in [0.3, 0.4) is 0 Å². The van der Waals surface area contributed by atoms with Gasteiger partial charge >= 0.3 is 0 Å². The van der Waals surface area contributed by atoms with Crippen LogP contribution in [-0.2, 0) is 4.74 Å². The number of likely N-dealkylation sites (tertiary alicyclic amines) is 1. The lowest BCUT2D eigenvalue weighted by Crippen LogP contribution is -2.46. The van der Waals surface area contributed by atoms with Crippen LogP contribution in [-0.4, -0.2) is 46.6 Å². The van der Waals surface area contributed by atoms with Gasteiger partial charge in [0.05, 0.1) is 12.3 Å². The molecule has 0 saturated carbocycles. The van der Waals surface area contributed by atoms with Crippen molar-refractivity contribution in [2.24, 2.45) is 0 Å². The van der Waals surface area contributed by atoms with Gasteiger partial charge in [-0.3, -0.25) is 4.90 Å². The van der Waals surface area contributed by atoms with Crippen LogP contribution in [0.4, 0.5) is 0 Å². The molecular weight excluding hydrogens is 260 g/mol. The molecule has 0 aromatic carbocycles. The molecule has 0 amide bonds. The summed E-state index contributed by atoms with van der Waals surface area (Å²) >= 11 is 6.50. The fourth-order valence-corrected chi connectivity index (χ4v) is 3.32. The van der Waals surface area contributed by atoms with Crippen molar-refractivity contribution < 1.29 is 4.74 Å². The normalized spacial score (nSPS) is 29.2. The number of nitrogens with zero attached hydrogens (tertiary/aromatic N) is 2. The van der Waals surface area contributed by atoms with Crippen molar-refractivity contribution in [1.82, 2.24) is 9.32 Å². The predicted molar refractivity (Wildman–Crippen MR) is 80.2 cm³/mol. The number of hydrogen-bond donors (Lipinski definition) is 0. The summed E-state index contributed by atoms with van der Waals surface area (Å²) in [5, 5.41) is 0. The molecule has 0 N–H and O–H groups in total. The molecule has 1 fully saturated rings. The zero-order chi connectivity index (χ0) is 13.9. The Morgan fingerprint density at radius 2 is 2.05 bits per heavy atom. The number of piperidine rings is 1. The van der Waals surface area contributed by atoms with Gasteiger partial charge in [-0.25, -0.2) is 4.42 Å². The zero-order valence-electron chi connectivity index (χ0n) is 12.4. The van der Waals surface area contributed by atoms with Gasteiger partial charge in [0.1, 0.15) is 5.60 Å². The van der Waals surface area contributed by atoms with Crippen LogP contribution in [0.25, 0.3) is 0 Å². The summed E-state index contributed by atoms with van der Waals surface area (Å²) in [6.07, 6.45) is 8.86. The number of rotatable bonds is 4. The van der Waals surface area contributed by atoms with E-state index in [0.717, 1.165) is 13.0 Å². The van der Waals surface area contributed by atoms with E-state index in [-0.39, 0.29) is 11.6 Å². The summed E-state index contributed by atoms with van der Waals surface area (Å²) in [6.45, 7) is 9.87. The Labute approximate surface area is 122 Å². The van der Waals surface area contributed by atoms with Gasteiger partial charge in [-0.2, -0.15) is 0 Å². The van der Waals surface area contributed by atoms with Crippen molar-refractivity contribution in [3.05, 3.63) is 12.3 Å². The average molecular weight is 287 g/mol. The molecule has 2 heterocycles. The molecule has 1 saturated heterocycles. The third-order valence-corrected chi connectivity index (χ3v) is 4.59. The fraction of sp³-hybridized carbons (Fsp3) is 0.867. The lowest BCUT2D eigenvalue weighted by atomic mass is 9.96. The first-order valence-corrected chi connectivity index (χ1v) is 7.83. The highest BCUT2D eigenvalue weighted by atomic mass is 35.5. The van der Waals surface area contributed by atoms with E-state index in [0.29, 0.717) is 6.04 Å². The maximum atomic E-state index is 6.50. The zero-order valence-corrected chi connectivity index (χ0v) is 13.2. The molecule has 19 heavy (non-hydrogen) atoms. The first kappa shape index (κ1) is 15.1. The van der Waals surface area contributed by atoms with E-state index in [1.807, 2.05) is 4.42 Å². The van der Waals surface area contributed by atoms with E-state index in [2.05, 4.69) is 31.7 Å². The molecule has 0 spiro atoms. The van der Waals surface area contributed by atoms with Crippen molar-refractivity contribution in [2.45, 2.75) is 64.1 Å². The summed E-state index contributed by atoms with van der Waals surface area (Å²) in [6, 6.07) is 0.801. The molecule has 2 rings (SSSR count). The Morgan fingerprint density at radius 3 is 2.68 bits per heavy atom. The Bertz CT molecular complexity index is 313. The van der Waals surface area contributed by atoms with E-state index < -0.39 is 0 Å². The van der Waals surface area contributed by atoms with Crippen LogP contribution >= 0.6 is 11.8 Å². The molecule has 0 bridgehead atoms. The maximum absolute atomic E-state index is 6.50. The Hall–Kier alpha value is -0.250. The molecule has 0 aromatic heterocycles. The quantitative estimate of drug-likeness (QED) is 0.737. The van der Waals surface area contributed by atoms with E-state index in [1.54, 1.807) is 6.26 Å². The summed E-state index contributed by atoms with van der Waals surface area (Å²) < 4.78 is 7.55. The Kier molecular flexibility index (Phi) is 5.15. The Morgan fingerprint density at radius 1 is 1.37 bits per heavy atom. The summed E-state index contributed by atoms with van der Waals surface area (Å²) in [7, 11) is 0. The Balaban J connectivity index is 1.84. The number of halogens is 1. The molecule has 0 radical (unpaired) electrons. The monoisotopic (exact) mass is 286 g/mol. The largest absolute Gasteiger partial charge is 0.496 e. The number of hydrogen-bond acceptors (Lipinski definition) is 3. The minimum atomic E-state index is -0.110. The van der Waals surface area contributed by atoms with Crippen LogP contribution in [0.5, 0.6) is 0 Å². The van der Waals surface area contributed by atoms with E-state index in [9.17, 15) is 0 Å².